The third-order valence-corrected chi connectivity index (χ3v) is 14.3. The first-order valence-electron chi connectivity index (χ1n) is 18.3. The van der Waals surface area contributed by atoms with Gasteiger partial charge in [0.2, 0.25) is 5.91 Å². The lowest BCUT2D eigenvalue weighted by atomic mass is 9.64. The van der Waals surface area contributed by atoms with Crippen molar-refractivity contribution < 1.29 is 17.6 Å². The van der Waals surface area contributed by atoms with Gasteiger partial charge in [-0.25, -0.2) is 17.8 Å². The summed E-state index contributed by atoms with van der Waals surface area (Å²) in [5, 5.41) is 3.06. The predicted octanol–water partition coefficient (Wildman–Crippen LogP) is 5.97. The van der Waals surface area contributed by atoms with E-state index in [1.54, 1.807) is 18.2 Å². The first-order valence-corrected chi connectivity index (χ1v) is 19.8. The Bertz CT molecular complexity index is 1740. The highest BCUT2D eigenvalue weighted by Gasteiger charge is 2.54. The summed E-state index contributed by atoms with van der Waals surface area (Å²) < 4.78 is 43.1. The topological polar surface area (TPSA) is 87.5 Å². The van der Waals surface area contributed by atoms with E-state index in [4.69, 9.17) is 4.98 Å². The molecule has 10 heteroatoms. The van der Waals surface area contributed by atoms with Crippen LogP contribution in [-0.2, 0) is 26.6 Å². The van der Waals surface area contributed by atoms with E-state index in [9.17, 15) is 13.2 Å². The summed E-state index contributed by atoms with van der Waals surface area (Å²) in [5.41, 5.74) is 1.49. The second kappa shape index (κ2) is 14.0. The number of aryl methyl sites for hydroxylation is 1. The highest BCUT2D eigenvalue weighted by Crippen LogP contribution is 2.52. The highest BCUT2D eigenvalue weighted by atomic mass is 32.2. The summed E-state index contributed by atoms with van der Waals surface area (Å²) in [6, 6.07) is 14.6. The quantitative estimate of drug-likeness (QED) is 0.236. The van der Waals surface area contributed by atoms with E-state index in [-0.39, 0.29) is 34.9 Å². The van der Waals surface area contributed by atoms with Crippen LogP contribution in [0.5, 0.6) is 0 Å². The molecule has 0 bridgehead atoms. The minimum Gasteiger partial charge on any atom is -0.371 e. The van der Waals surface area contributed by atoms with Crippen molar-refractivity contribution in [2.75, 3.05) is 37.6 Å². The number of rotatable bonds is 12. The molecule has 3 heterocycles. The van der Waals surface area contributed by atoms with Gasteiger partial charge in [0.1, 0.15) is 11.6 Å². The zero-order chi connectivity index (χ0) is 34.2. The third kappa shape index (κ3) is 6.35. The fraction of sp³-hybridized carbons (Fsp3) is 0.538. The van der Waals surface area contributed by atoms with Crippen LogP contribution >= 0.6 is 0 Å². The van der Waals surface area contributed by atoms with Gasteiger partial charge in [-0.15, -0.1) is 0 Å². The number of nitrogens with zero attached hydrogens (tertiary/aromatic N) is 4. The number of hydrogen-bond donors (Lipinski definition) is 1. The zero-order valence-corrected chi connectivity index (χ0v) is 29.5. The largest absolute Gasteiger partial charge is 0.371 e. The molecule has 1 unspecified atom stereocenters. The van der Waals surface area contributed by atoms with Crippen LogP contribution in [0.4, 0.5) is 10.1 Å². The molecule has 2 saturated carbocycles. The number of amides is 1. The van der Waals surface area contributed by atoms with Crippen LogP contribution in [-0.4, -0.2) is 72.8 Å². The molecular weight excluding hydrogens is 638 g/mol. The molecule has 0 spiro atoms. The van der Waals surface area contributed by atoms with Crippen molar-refractivity contribution in [3.05, 3.63) is 90.8 Å². The molecule has 1 amide bonds. The normalized spacial score (nSPS) is 23.8. The average molecular weight is 688 g/mol. The number of imidazole rings is 1. The summed E-state index contributed by atoms with van der Waals surface area (Å²) in [6.45, 7) is 10.7. The summed E-state index contributed by atoms with van der Waals surface area (Å²) in [7, 11) is -3.20. The number of sulfone groups is 1. The highest BCUT2D eigenvalue weighted by molar-refractivity contribution is 7.92. The van der Waals surface area contributed by atoms with Crippen molar-refractivity contribution in [3.63, 3.8) is 0 Å². The molecule has 49 heavy (non-hydrogen) atoms. The second-order valence-electron chi connectivity index (χ2n) is 14.7. The van der Waals surface area contributed by atoms with Gasteiger partial charge in [0.15, 0.2) is 9.84 Å². The maximum absolute atomic E-state index is 15.1. The maximum Gasteiger partial charge on any atom is 0.243 e. The Hall–Kier alpha value is -3.50. The number of aromatic nitrogens is 2. The van der Waals surface area contributed by atoms with Crippen molar-refractivity contribution >= 4 is 21.4 Å². The Morgan fingerprint density at radius 1 is 1.04 bits per heavy atom. The predicted molar refractivity (Wildman–Crippen MR) is 191 cm³/mol. The minimum absolute atomic E-state index is 0.0488. The van der Waals surface area contributed by atoms with Crippen LogP contribution in [0.2, 0.25) is 0 Å². The average Bonchev–Trinajstić information content (AvgIpc) is 3.73. The van der Waals surface area contributed by atoms with Crippen molar-refractivity contribution in [3.8, 4) is 0 Å². The molecule has 1 aromatic heterocycles. The molecule has 4 fully saturated rings. The number of benzene rings is 2. The van der Waals surface area contributed by atoms with Gasteiger partial charge in [-0.2, -0.15) is 0 Å². The van der Waals surface area contributed by atoms with E-state index in [1.807, 2.05) is 24.4 Å². The molecule has 7 rings (SSSR count). The lowest BCUT2D eigenvalue weighted by molar-refractivity contribution is -0.117. The van der Waals surface area contributed by atoms with E-state index in [0.29, 0.717) is 10.8 Å². The molecular formula is C39H50FN5O3S. The molecule has 262 valence electrons. The second-order valence-corrected chi connectivity index (χ2v) is 16.9. The number of likely N-dealkylation sites (tertiary alicyclic amines) is 1. The Morgan fingerprint density at radius 3 is 2.43 bits per heavy atom. The number of carbonyl (C=O) groups is 1. The molecule has 0 radical (unpaired) electrons. The van der Waals surface area contributed by atoms with Crippen LogP contribution in [0.3, 0.4) is 0 Å². The van der Waals surface area contributed by atoms with Gasteiger partial charge < -0.3 is 19.7 Å². The molecule has 3 aromatic rings. The van der Waals surface area contributed by atoms with Crippen molar-refractivity contribution in [1.29, 1.82) is 0 Å². The summed E-state index contributed by atoms with van der Waals surface area (Å²) in [4.78, 5) is 22.8. The van der Waals surface area contributed by atoms with Gasteiger partial charge in [-0.05, 0) is 106 Å². The molecule has 3 atom stereocenters. The summed E-state index contributed by atoms with van der Waals surface area (Å²) >= 11 is 0. The number of carbonyl (C=O) groups excluding carboxylic acids is 1. The molecule has 1 N–H and O–H groups in total. The Morgan fingerprint density at radius 2 is 1.78 bits per heavy atom. The van der Waals surface area contributed by atoms with E-state index < -0.39 is 15.4 Å². The van der Waals surface area contributed by atoms with E-state index >= 15 is 4.39 Å². The van der Waals surface area contributed by atoms with Crippen LogP contribution < -0.4 is 10.2 Å². The fourth-order valence-corrected chi connectivity index (χ4v) is 11.2. The third-order valence-electron chi connectivity index (χ3n) is 12.0. The van der Waals surface area contributed by atoms with Crippen molar-refractivity contribution in [2.24, 2.45) is 17.8 Å². The number of hydrogen-bond acceptors (Lipinski definition) is 6. The molecule has 2 aromatic carbocycles. The van der Waals surface area contributed by atoms with Crippen LogP contribution in [0, 0.1) is 23.6 Å². The van der Waals surface area contributed by atoms with Gasteiger partial charge in [0, 0.05) is 62.0 Å². The number of nitrogens with one attached hydrogen (secondary N) is 1. The molecule has 2 aliphatic carbocycles. The van der Waals surface area contributed by atoms with Crippen molar-refractivity contribution in [2.45, 2.75) is 86.4 Å². The first kappa shape index (κ1) is 34.0. The number of halogens is 1. The van der Waals surface area contributed by atoms with Crippen LogP contribution in [0.15, 0.2) is 78.5 Å². The molecule has 2 aliphatic heterocycles. The van der Waals surface area contributed by atoms with Crippen molar-refractivity contribution in [1.82, 2.24) is 19.8 Å². The summed E-state index contributed by atoms with van der Waals surface area (Å²) in [5.74, 6) is 1.43. The fourth-order valence-electron chi connectivity index (χ4n) is 9.38. The maximum atomic E-state index is 15.1. The Balaban J connectivity index is 1.07. The van der Waals surface area contributed by atoms with Gasteiger partial charge in [-0.3, -0.25) is 4.79 Å². The lowest BCUT2D eigenvalue weighted by Gasteiger charge is -2.52. The van der Waals surface area contributed by atoms with E-state index in [1.165, 1.54) is 12.1 Å². The Labute approximate surface area is 290 Å². The van der Waals surface area contributed by atoms with Gasteiger partial charge in [-0.1, -0.05) is 38.5 Å². The smallest absolute Gasteiger partial charge is 0.243 e. The lowest BCUT2D eigenvalue weighted by Crippen LogP contribution is -2.58. The van der Waals surface area contributed by atoms with E-state index in [0.717, 1.165) is 108 Å². The molecule has 2 saturated heterocycles. The first-order chi connectivity index (χ1) is 23.7. The summed E-state index contributed by atoms with van der Waals surface area (Å²) in [6.07, 6.45) is 13.4. The van der Waals surface area contributed by atoms with Gasteiger partial charge in [0.05, 0.1) is 15.7 Å². The standard InChI is InChI=1S/C39H50FN5O3S/c1-3-37-41-20-23-45(37)39(30-8-5-9-31(40)24-30,35-12-7-13-36(35)42-38(46)4-2)29-18-21-43(22-19-29)25-28-26-44(27-28)32-14-16-34(17-15-32)49(47,48)33-10-6-11-33/h4-5,8-9,14-17,20,23-24,28-29,33,35-36H,2-3,6-7,10-13,18-19,21-22,25-27H2,1H3,(H,42,46)/t35-,36-,39?/m0/s1. The number of piperidine rings is 1. The number of anilines is 1. The zero-order valence-electron chi connectivity index (χ0n) is 28.6. The monoisotopic (exact) mass is 687 g/mol. The van der Waals surface area contributed by atoms with Crippen LogP contribution in [0.25, 0.3) is 0 Å². The molecule has 4 aliphatic rings. The minimum atomic E-state index is -3.20. The van der Waals surface area contributed by atoms with Gasteiger partial charge >= 0.3 is 0 Å². The van der Waals surface area contributed by atoms with Gasteiger partial charge in [0.25, 0.3) is 0 Å². The van der Waals surface area contributed by atoms with E-state index in [2.05, 4.69) is 45.4 Å². The SMILES string of the molecule is C=CC(=O)N[C@H]1CCC[C@@H]1C(c1cccc(F)c1)(C1CCN(CC2CN(c3ccc(S(=O)(=O)C4CCC4)cc3)C2)CC1)n1ccnc1CC. The van der Waals surface area contributed by atoms with Crippen LogP contribution in [0.1, 0.15) is 69.7 Å². The Kier molecular flexibility index (Phi) is 9.72. The molecule has 8 nitrogen and oxygen atoms in total.